The van der Waals surface area contributed by atoms with Crippen LogP contribution in [0.2, 0.25) is 0 Å². The number of hydrogen-bond acceptors (Lipinski definition) is 4. The summed E-state index contributed by atoms with van der Waals surface area (Å²) in [7, 11) is 0. The Bertz CT molecular complexity index is 132. The third-order valence-electron chi connectivity index (χ3n) is 1.80. The van der Waals surface area contributed by atoms with Gasteiger partial charge in [0, 0.05) is 6.04 Å². The van der Waals surface area contributed by atoms with E-state index in [1.54, 1.807) is 0 Å². The molecule has 0 aromatic carbocycles. The van der Waals surface area contributed by atoms with Crippen LogP contribution in [-0.4, -0.2) is 30.5 Å². The molecule has 64 valence electrons. The number of hydrogen-bond donors (Lipinski definition) is 2. The fourth-order valence-electron chi connectivity index (χ4n) is 1.26. The molecular weight excluding hydrogens is 146 g/mol. The topological polar surface area (TPSA) is 58.6 Å². The highest BCUT2D eigenvalue weighted by atomic mass is 16.6. The molecule has 0 saturated carbocycles. The summed E-state index contributed by atoms with van der Waals surface area (Å²) in [5.41, 5.74) is 0. The van der Waals surface area contributed by atoms with Gasteiger partial charge in [0.1, 0.15) is 0 Å². The SMILES string of the molecule is O=C(C[C@@H]1CCCN1)OCO. The summed E-state index contributed by atoms with van der Waals surface area (Å²) in [6, 6.07) is 0.258. The standard InChI is InChI=1S/C7H13NO3/c9-5-11-7(10)4-6-2-1-3-8-6/h6,8-9H,1-5H2/t6-/m0/s1. The minimum Gasteiger partial charge on any atom is -0.439 e. The molecule has 1 saturated heterocycles. The van der Waals surface area contributed by atoms with Crippen molar-refractivity contribution in [3.05, 3.63) is 0 Å². The summed E-state index contributed by atoms with van der Waals surface area (Å²) in [5.74, 6) is -0.327. The minimum atomic E-state index is -0.508. The molecule has 1 fully saturated rings. The van der Waals surface area contributed by atoms with E-state index in [0.717, 1.165) is 19.4 Å². The Hall–Kier alpha value is -0.610. The normalized spacial score (nSPS) is 23.5. The van der Waals surface area contributed by atoms with Crippen molar-refractivity contribution >= 4 is 5.97 Å². The Balaban J connectivity index is 2.13. The lowest BCUT2D eigenvalue weighted by molar-refractivity contribution is -0.152. The lowest BCUT2D eigenvalue weighted by Gasteiger charge is -2.07. The highest BCUT2D eigenvalue weighted by molar-refractivity contribution is 5.70. The van der Waals surface area contributed by atoms with Crippen LogP contribution in [0.15, 0.2) is 0 Å². The number of nitrogens with one attached hydrogen (secondary N) is 1. The van der Waals surface area contributed by atoms with Crippen molar-refractivity contribution in [2.24, 2.45) is 0 Å². The van der Waals surface area contributed by atoms with Crippen LogP contribution in [0.1, 0.15) is 19.3 Å². The van der Waals surface area contributed by atoms with Crippen LogP contribution in [0.4, 0.5) is 0 Å². The van der Waals surface area contributed by atoms with E-state index in [9.17, 15) is 4.79 Å². The second-order valence-electron chi connectivity index (χ2n) is 2.64. The first-order valence-corrected chi connectivity index (χ1v) is 3.83. The molecule has 0 radical (unpaired) electrons. The van der Waals surface area contributed by atoms with Gasteiger partial charge in [-0.2, -0.15) is 0 Å². The molecule has 0 bridgehead atoms. The maximum atomic E-state index is 10.8. The number of rotatable bonds is 3. The average molecular weight is 159 g/mol. The first kappa shape index (κ1) is 8.49. The van der Waals surface area contributed by atoms with Crippen LogP contribution >= 0.6 is 0 Å². The van der Waals surface area contributed by atoms with E-state index >= 15 is 0 Å². The van der Waals surface area contributed by atoms with Crippen molar-refractivity contribution in [2.45, 2.75) is 25.3 Å². The van der Waals surface area contributed by atoms with Gasteiger partial charge in [0.25, 0.3) is 0 Å². The van der Waals surface area contributed by atoms with Gasteiger partial charge >= 0.3 is 5.97 Å². The molecule has 0 aliphatic carbocycles. The van der Waals surface area contributed by atoms with Crippen molar-refractivity contribution in [1.82, 2.24) is 5.32 Å². The van der Waals surface area contributed by atoms with Gasteiger partial charge < -0.3 is 15.2 Å². The second-order valence-corrected chi connectivity index (χ2v) is 2.64. The highest BCUT2D eigenvalue weighted by Crippen LogP contribution is 2.08. The zero-order valence-electron chi connectivity index (χ0n) is 6.38. The molecule has 4 heteroatoms. The van der Waals surface area contributed by atoms with E-state index in [4.69, 9.17) is 5.11 Å². The van der Waals surface area contributed by atoms with E-state index in [1.165, 1.54) is 0 Å². The second kappa shape index (κ2) is 4.31. The quantitative estimate of drug-likeness (QED) is 0.435. The number of carbonyl (C=O) groups excluding carboxylic acids is 1. The van der Waals surface area contributed by atoms with Crippen molar-refractivity contribution in [3.63, 3.8) is 0 Å². The first-order valence-electron chi connectivity index (χ1n) is 3.83. The summed E-state index contributed by atoms with van der Waals surface area (Å²) in [5, 5.41) is 11.4. The van der Waals surface area contributed by atoms with Crippen molar-refractivity contribution in [3.8, 4) is 0 Å². The van der Waals surface area contributed by atoms with Gasteiger partial charge in [0.2, 0.25) is 0 Å². The monoisotopic (exact) mass is 159 g/mol. The molecule has 0 spiro atoms. The van der Waals surface area contributed by atoms with E-state index in [0.29, 0.717) is 6.42 Å². The summed E-state index contributed by atoms with van der Waals surface area (Å²) in [6.45, 7) is 0.475. The Morgan fingerprint density at radius 3 is 3.09 bits per heavy atom. The molecular formula is C7H13NO3. The van der Waals surface area contributed by atoms with Crippen LogP contribution < -0.4 is 5.32 Å². The van der Waals surface area contributed by atoms with E-state index in [2.05, 4.69) is 10.1 Å². The van der Waals surface area contributed by atoms with Crippen LogP contribution in [0.5, 0.6) is 0 Å². The first-order chi connectivity index (χ1) is 5.33. The minimum absolute atomic E-state index is 0.258. The summed E-state index contributed by atoms with van der Waals surface area (Å²) >= 11 is 0. The summed E-state index contributed by atoms with van der Waals surface area (Å²) < 4.78 is 4.38. The zero-order valence-corrected chi connectivity index (χ0v) is 6.38. The Labute approximate surface area is 65.5 Å². The molecule has 1 heterocycles. The molecule has 0 aromatic rings. The fraction of sp³-hybridized carbons (Fsp3) is 0.857. The summed E-state index contributed by atoms with van der Waals surface area (Å²) in [4.78, 5) is 10.8. The highest BCUT2D eigenvalue weighted by Gasteiger charge is 2.17. The number of esters is 1. The van der Waals surface area contributed by atoms with E-state index < -0.39 is 6.79 Å². The summed E-state index contributed by atoms with van der Waals surface area (Å²) in [6.07, 6.45) is 2.53. The van der Waals surface area contributed by atoms with Gasteiger partial charge in [0.15, 0.2) is 6.79 Å². The van der Waals surface area contributed by atoms with Gasteiger partial charge in [-0.15, -0.1) is 0 Å². The van der Waals surface area contributed by atoms with E-state index in [-0.39, 0.29) is 12.0 Å². The Kier molecular flexibility index (Phi) is 3.32. The number of ether oxygens (including phenoxy) is 1. The van der Waals surface area contributed by atoms with Gasteiger partial charge in [0.05, 0.1) is 6.42 Å². The lowest BCUT2D eigenvalue weighted by Crippen LogP contribution is -2.25. The Morgan fingerprint density at radius 1 is 1.73 bits per heavy atom. The molecule has 1 rings (SSSR count). The molecule has 0 amide bonds. The predicted octanol–water partition coefficient (Wildman–Crippen LogP) is -0.378. The zero-order chi connectivity index (χ0) is 8.10. The molecule has 1 aliphatic rings. The van der Waals surface area contributed by atoms with Crippen molar-refractivity contribution in [2.75, 3.05) is 13.3 Å². The molecule has 0 unspecified atom stereocenters. The lowest BCUT2D eigenvalue weighted by atomic mass is 10.2. The smallest absolute Gasteiger partial charge is 0.309 e. The largest absolute Gasteiger partial charge is 0.439 e. The average Bonchev–Trinajstić information content (AvgIpc) is 2.40. The van der Waals surface area contributed by atoms with Gasteiger partial charge in [-0.3, -0.25) is 4.79 Å². The third-order valence-corrected chi connectivity index (χ3v) is 1.80. The van der Waals surface area contributed by atoms with Crippen molar-refractivity contribution < 1.29 is 14.6 Å². The maximum absolute atomic E-state index is 10.8. The third kappa shape index (κ3) is 2.86. The van der Waals surface area contributed by atoms with Crippen LogP contribution in [0, 0.1) is 0 Å². The molecule has 1 atom stereocenters. The van der Waals surface area contributed by atoms with Gasteiger partial charge in [-0.1, -0.05) is 0 Å². The predicted molar refractivity (Wildman–Crippen MR) is 38.8 cm³/mol. The van der Waals surface area contributed by atoms with E-state index in [1.807, 2.05) is 0 Å². The number of aliphatic hydroxyl groups is 1. The van der Waals surface area contributed by atoms with Crippen LogP contribution in [-0.2, 0) is 9.53 Å². The molecule has 0 aromatic heterocycles. The molecule has 2 N–H and O–H groups in total. The Morgan fingerprint density at radius 2 is 2.55 bits per heavy atom. The van der Waals surface area contributed by atoms with Crippen LogP contribution in [0.3, 0.4) is 0 Å². The van der Waals surface area contributed by atoms with Gasteiger partial charge in [-0.25, -0.2) is 0 Å². The molecule has 11 heavy (non-hydrogen) atoms. The maximum Gasteiger partial charge on any atom is 0.309 e. The molecule has 4 nitrogen and oxygen atoms in total. The van der Waals surface area contributed by atoms with Gasteiger partial charge in [-0.05, 0) is 19.4 Å². The van der Waals surface area contributed by atoms with Crippen LogP contribution in [0.25, 0.3) is 0 Å². The number of aliphatic hydroxyl groups excluding tert-OH is 1. The van der Waals surface area contributed by atoms with Crippen molar-refractivity contribution in [1.29, 1.82) is 0 Å². The fourth-order valence-corrected chi connectivity index (χ4v) is 1.26. The molecule has 1 aliphatic heterocycles. The number of carbonyl (C=O) groups is 1.